The van der Waals surface area contributed by atoms with Gasteiger partial charge in [-0.25, -0.2) is 0 Å². The van der Waals surface area contributed by atoms with Crippen LogP contribution < -0.4 is 9.80 Å². The van der Waals surface area contributed by atoms with E-state index >= 15 is 0 Å². The highest BCUT2D eigenvalue weighted by molar-refractivity contribution is 5.81. The largest absolute Gasteiger partial charge is 0.311 e. The van der Waals surface area contributed by atoms with Crippen LogP contribution in [0.1, 0.15) is 83.1 Å². The van der Waals surface area contributed by atoms with Crippen LogP contribution in [0.2, 0.25) is 0 Å². The first-order valence-electron chi connectivity index (χ1n) is 18.6. The molecule has 51 heavy (non-hydrogen) atoms. The van der Waals surface area contributed by atoms with Crippen molar-refractivity contribution in [2.75, 3.05) is 9.80 Å². The Morgan fingerprint density at radius 1 is 0.412 bits per heavy atom. The molecule has 0 aliphatic heterocycles. The molecule has 0 fully saturated rings. The Labute approximate surface area is 307 Å². The number of rotatable bonds is 12. The molecule has 0 aliphatic carbocycles. The lowest BCUT2D eigenvalue weighted by Crippen LogP contribution is -2.19. The van der Waals surface area contributed by atoms with E-state index < -0.39 is 0 Å². The van der Waals surface area contributed by atoms with Crippen molar-refractivity contribution < 1.29 is 0 Å². The molecular formula is C49H53N2+. The maximum absolute atomic E-state index is 4.11. The van der Waals surface area contributed by atoms with E-state index in [1.165, 1.54) is 27.8 Å². The molecule has 2 heteroatoms. The van der Waals surface area contributed by atoms with Crippen molar-refractivity contribution in [3.8, 4) is 11.1 Å². The van der Waals surface area contributed by atoms with Crippen LogP contribution in [-0.2, 0) is 10.8 Å². The fourth-order valence-electron chi connectivity index (χ4n) is 6.78. The molecule has 0 aliphatic rings. The van der Waals surface area contributed by atoms with Gasteiger partial charge in [-0.05, 0) is 120 Å². The molecule has 0 heterocycles. The zero-order chi connectivity index (χ0) is 36.2. The molecule has 0 radical (unpaired) electrons. The van der Waals surface area contributed by atoms with Crippen molar-refractivity contribution in [2.45, 2.75) is 78.6 Å². The van der Waals surface area contributed by atoms with Crippen LogP contribution in [0.25, 0.3) is 11.1 Å². The second-order valence-corrected chi connectivity index (χ2v) is 14.9. The molecule has 6 aromatic rings. The molecule has 0 saturated heterocycles. The van der Waals surface area contributed by atoms with E-state index in [1.54, 1.807) is 0 Å². The first-order chi connectivity index (χ1) is 24.5. The van der Waals surface area contributed by atoms with E-state index in [-0.39, 0.29) is 10.8 Å². The number of hydrogen-bond acceptors (Lipinski definition) is 2. The molecule has 0 spiro atoms. The maximum Gasteiger partial charge on any atom is 0.126 e. The predicted molar refractivity (Wildman–Crippen MR) is 222 cm³/mol. The van der Waals surface area contributed by atoms with Crippen LogP contribution in [0, 0.1) is 13.8 Å². The van der Waals surface area contributed by atoms with Gasteiger partial charge in [-0.2, -0.15) is 0 Å². The minimum atomic E-state index is 0.142. The third-order valence-electron chi connectivity index (χ3n) is 11.2. The topological polar surface area (TPSA) is 6.48 Å². The number of anilines is 6. The van der Waals surface area contributed by atoms with Gasteiger partial charge in [0, 0.05) is 59.6 Å². The SMILES string of the molecule is [CH2+]c1ccc(N(c2ccc(-c3ccc(N(c4ccc(C)cc4)c4ccc(C(C)(CC)CC)cc4)cc3)cc2)c2ccc(C(C)(C)CC)cc2)cc1. The molecule has 0 N–H and O–H groups in total. The second kappa shape index (κ2) is 15.0. The first kappa shape index (κ1) is 35.6. The summed E-state index contributed by atoms with van der Waals surface area (Å²) in [6.45, 7) is 20.1. The molecule has 2 nitrogen and oxygen atoms in total. The van der Waals surface area contributed by atoms with E-state index in [2.05, 4.69) is 211 Å². The fourth-order valence-corrected chi connectivity index (χ4v) is 6.78. The summed E-state index contributed by atoms with van der Waals surface area (Å²) >= 11 is 0. The highest BCUT2D eigenvalue weighted by atomic mass is 15.1. The summed E-state index contributed by atoms with van der Waals surface area (Å²) in [7, 11) is 0. The lowest BCUT2D eigenvalue weighted by molar-refractivity contribution is 0.439. The summed E-state index contributed by atoms with van der Waals surface area (Å²) in [4.78, 5) is 4.68. The monoisotopic (exact) mass is 669 g/mol. The summed E-state index contributed by atoms with van der Waals surface area (Å²) in [6.07, 6.45) is 3.34. The van der Waals surface area contributed by atoms with Crippen LogP contribution in [0.5, 0.6) is 0 Å². The quantitative estimate of drug-likeness (QED) is 0.120. The van der Waals surface area contributed by atoms with Gasteiger partial charge in [-0.3, -0.25) is 0 Å². The van der Waals surface area contributed by atoms with Gasteiger partial charge in [0.05, 0.1) is 5.69 Å². The number of hydrogen-bond donors (Lipinski definition) is 0. The average Bonchev–Trinajstić information content (AvgIpc) is 3.17. The highest BCUT2D eigenvalue weighted by Crippen LogP contribution is 2.40. The van der Waals surface area contributed by atoms with Crippen molar-refractivity contribution in [3.05, 3.63) is 175 Å². The lowest BCUT2D eigenvalue weighted by atomic mass is 9.78. The molecule has 6 rings (SSSR count). The molecule has 0 aromatic heterocycles. The van der Waals surface area contributed by atoms with Crippen LogP contribution in [0.4, 0.5) is 34.1 Å². The van der Waals surface area contributed by atoms with Crippen LogP contribution >= 0.6 is 0 Å². The Bertz CT molecular complexity index is 2000. The third-order valence-corrected chi connectivity index (χ3v) is 11.2. The Balaban J connectivity index is 1.31. The molecule has 0 saturated carbocycles. The maximum atomic E-state index is 4.11. The van der Waals surface area contributed by atoms with E-state index in [0.29, 0.717) is 0 Å². The predicted octanol–water partition coefficient (Wildman–Crippen LogP) is 14.5. The van der Waals surface area contributed by atoms with Gasteiger partial charge in [0.1, 0.15) is 5.56 Å². The summed E-state index contributed by atoms with van der Waals surface area (Å²) in [5.41, 5.74) is 14.5. The molecule has 0 amide bonds. The summed E-state index contributed by atoms with van der Waals surface area (Å²) in [5.74, 6) is 0. The normalized spacial score (nSPS) is 11.7. The van der Waals surface area contributed by atoms with E-state index in [0.717, 1.165) is 59.0 Å². The van der Waals surface area contributed by atoms with Gasteiger partial charge in [0.25, 0.3) is 0 Å². The average molecular weight is 670 g/mol. The molecular weight excluding hydrogens is 617 g/mol. The molecule has 0 bridgehead atoms. The van der Waals surface area contributed by atoms with Gasteiger partial charge >= 0.3 is 0 Å². The van der Waals surface area contributed by atoms with Gasteiger partial charge < -0.3 is 9.80 Å². The molecule has 0 atom stereocenters. The zero-order valence-corrected chi connectivity index (χ0v) is 31.6. The van der Waals surface area contributed by atoms with E-state index in [1.807, 2.05) is 0 Å². The summed E-state index contributed by atoms with van der Waals surface area (Å²) in [6, 6.07) is 53.4. The standard InChI is InChI=1S/C49H53N2/c1-9-48(6,7)40-20-32-46(33-21-40)50(42-24-12-36(4)13-25-42)44-28-16-38(17-29-44)39-18-30-45(31-19-39)51(43-26-14-37(5)15-27-43)47-34-22-41(23-35-47)49(8,10-2)11-3/h12-35H,4,9-11H2,1-3,5-8H3/q+1. The van der Waals surface area contributed by atoms with Gasteiger partial charge in [0.15, 0.2) is 0 Å². The van der Waals surface area contributed by atoms with Gasteiger partial charge in [0.2, 0.25) is 0 Å². The number of benzene rings is 6. The summed E-state index contributed by atoms with van der Waals surface area (Å²) in [5, 5.41) is 0. The number of nitrogens with zero attached hydrogens (tertiary/aromatic N) is 2. The van der Waals surface area contributed by atoms with Gasteiger partial charge in [-0.1, -0.05) is 108 Å². The fraction of sp³-hybridized carbons (Fsp3) is 0.245. The Morgan fingerprint density at radius 2 is 0.725 bits per heavy atom. The molecule has 0 unspecified atom stereocenters. The zero-order valence-electron chi connectivity index (χ0n) is 31.6. The molecule has 258 valence electrons. The third kappa shape index (κ3) is 7.61. The Kier molecular flexibility index (Phi) is 10.4. The van der Waals surface area contributed by atoms with Crippen molar-refractivity contribution in [1.82, 2.24) is 0 Å². The number of aryl methyl sites for hydroxylation is 1. The minimum absolute atomic E-state index is 0.142. The van der Waals surface area contributed by atoms with Crippen LogP contribution in [0.3, 0.4) is 0 Å². The minimum Gasteiger partial charge on any atom is -0.311 e. The van der Waals surface area contributed by atoms with E-state index in [4.69, 9.17) is 0 Å². The summed E-state index contributed by atoms with van der Waals surface area (Å²) < 4.78 is 0. The van der Waals surface area contributed by atoms with Crippen molar-refractivity contribution in [2.24, 2.45) is 0 Å². The van der Waals surface area contributed by atoms with Crippen LogP contribution in [0.15, 0.2) is 146 Å². The smallest absolute Gasteiger partial charge is 0.126 e. The highest BCUT2D eigenvalue weighted by Gasteiger charge is 2.23. The van der Waals surface area contributed by atoms with Crippen molar-refractivity contribution in [1.29, 1.82) is 0 Å². The van der Waals surface area contributed by atoms with Crippen LogP contribution in [-0.4, -0.2) is 0 Å². The Morgan fingerprint density at radius 3 is 1.08 bits per heavy atom. The van der Waals surface area contributed by atoms with Crippen molar-refractivity contribution >= 4 is 34.1 Å². The van der Waals surface area contributed by atoms with Crippen molar-refractivity contribution in [3.63, 3.8) is 0 Å². The van der Waals surface area contributed by atoms with Gasteiger partial charge in [-0.15, -0.1) is 0 Å². The van der Waals surface area contributed by atoms with E-state index in [9.17, 15) is 0 Å². The second-order valence-electron chi connectivity index (χ2n) is 14.9. The lowest BCUT2D eigenvalue weighted by Gasteiger charge is -2.29. The first-order valence-corrected chi connectivity index (χ1v) is 18.6. The Hall–Kier alpha value is -5.21. The molecule has 6 aromatic carbocycles.